The molecule has 0 bridgehead atoms. The van der Waals surface area contributed by atoms with Gasteiger partial charge in [-0.15, -0.1) is 0 Å². The van der Waals surface area contributed by atoms with Crippen molar-refractivity contribution in [2.75, 3.05) is 18.6 Å². The van der Waals surface area contributed by atoms with Gasteiger partial charge in [0.2, 0.25) is 5.91 Å². The van der Waals surface area contributed by atoms with Crippen molar-refractivity contribution >= 4 is 11.7 Å². The SMILES string of the molecule is COc1ccc(-c2cc(N3CC(O)CC3=O)n[nH]2)cc1. The third kappa shape index (κ3) is 2.25. The van der Waals surface area contributed by atoms with Crippen LogP contribution in [-0.4, -0.2) is 41.0 Å². The van der Waals surface area contributed by atoms with Gasteiger partial charge in [-0.1, -0.05) is 0 Å². The van der Waals surface area contributed by atoms with E-state index >= 15 is 0 Å². The number of amides is 1. The molecule has 6 heteroatoms. The number of benzene rings is 1. The van der Waals surface area contributed by atoms with E-state index in [-0.39, 0.29) is 12.3 Å². The van der Waals surface area contributed by atoms with Crippen LogP contribution in [0, 0.1) is 0 Å². The molecule has 1 aromatic carbocycles. The Morgan fingerprint density at radius 3 is 2.75 bits per heavy atom. The molecule has 2 aromatic rings. The zero-order chi connectivity index (χ0) is 14.1. The molecule has 1 atom stereocenters. The molecule has 1 saturated heterocycles. The molecular formula is C14H15N3O3. The summed E-state index contributed by atoms with van der Waals surface area (Å²) in [6.45, 7) is 0.297. The van der Waals surface area contributed by atoms with Crippen molar-refractivity contribution in [2.45, 2.75) is 12.5 Å². The van der Waals surface area contributed by atoms with Crippen LogP contribution in [0.15, 0.2) is 30.3 Å². The first-order valence-corrected chi connectivity index (χ1v) is 6.35. The fourth-order valence-corrected chi connectivity index (χ4v) is 2.28. The maximum absolute atomic E-state index is 11.7. The average Bonchev–Trinajstić information content (AvgIpc) is 3.05. The van der Waals surface area contributed by atoms with E-state index < -0.39 is 6.10 Å². The van der Waals surface area contributed by atoms with Gasteiger partial charge in [-0.3, -0.25) is 14.8 Å². The van der Waals surface area contributed by atoms with Gasteiger partial charge in [0.1, 0.15) is 5.75 Å². The van der Waals surface area contributed by atoms with Crippen molar-refractivity contribution in [2.24, 2.45) is 0 Å². The third-order valence-electron chi connectivity index (χ3n) is 3.35. The van der Waals surface area contributed by atoms with E-state index in [9.17, 15) is 9.90 Å². The van der Waals surface area contributed by atoms with Crippen molar-refractivity contribution < 1.29 is 14.6 Å². The molecule has 0 radical (unpaired) electrons. The van der Waals surface area contributed by atoms with Gasteiger partial charge in [-0.2, -0.15) is 5.10 Å². The largest absolute Gasteiger partial charge is 0.497 e. The summed E-state index contributed by atoms with van der Waals surface area (Å²) in [5, 5.41) is 16.5. The Balaban J connectivity index is 1.84. The average molecular weight is 273 g/mol. The number of aromatic amines is 1. The molecule has 1 unspecified atom stereocenters. The molecule has 0 aliphatic carbocycles. The number of ether oxygens (including phenoxy) is 1. The summed E-state index contributed by atoms with van der Waals surface area (Å²) in [7, 11) is 1.62. The second kappa shape index (κ2) is 4.97. The van der Waals surface area contributed by atoms with Crippen LogP contribution in [0.3, 0.4) is 0 Å². The third-order valence-corrected chi connectivity index (χ3v) is 3.35. The maximum Gasteiger partial charge on any atom is 0.230 e. The van der Waals surface area contributed by atoms with Crippen LogP contribution in [0.5, 0.6) is 5.75 Å². The number of methoxy groups -OCH3 is 1. The Kier molecular flexibility index (Phi) is 3.15. The first-order valence-electron chi connectivity index (χ1n) is 6.35. The molecule has 3 rings (SSSR count). The zero-order valence-electron chi connectivity index (χ0n) is 11.0. The van der Waals surface area contributed by atoms with Crippen LogP contribution in [0.2, 0.25) is 0 Å². The normalized spacial score (nSPS) is 18.6. The fraction of sp³-hybridized carbons (Fsp3) is 0.286. The van der Waals surface area contributed by atoms with Crippen LogP contribution in [-0.2, 0) is 4.79 Å². The Morgan fingerprint density at radius 2 is 2.15 bits per heavy atom. The van der Waals surface area contributed by atoms with Gasteiger partial charge in [0.05, 0.1) is 31.9 Å². The number of nitrogens with zero attached hydrogens (tertiary/aromatic N) is 2. The van der Waals surface area contributed by atoms with Gasteiger partial charge >= 0.3 is 0 Å². The first-order chi connectivity index (χ1) is 9.67. The number of aliphatic hydroxyl groups is 1. The molecule has 20 heavy (non-hydrogen) atoms. The molecule has 1 aliphatic rings. The number of hydrogen-bond acceptors (Lipinski definition) is 4. The molecular weight excluding hydrogens is 258 g/mol. The van der Waals surface area contributed by atoms with Crippen LogP contribution in [0.25, 0.3) is 11.3 Å². The van der Waals surface area contributed by atoms with E-state index in [2.05, 4.69) is 10.2 Å². The highest BCUT2D eigenvalue weighted by Crippen LogP contribution is 2.26. The van der Waals surface area contributed by atoms with Crippen LogP contribution in [0.1, 0.15) is 6.42 Å². The molecule has 104 valence electrons. The summed E-state index contributed by atoms with van der Waals surface area (Å²) in [6, 6.07) is 9.35. The second-order valence-corrected chi connectivity index (χ2v) is 4.73. The molecule has 0 spiro atoms. The number of carbonyl (C=O) groups excluding carboxylic acids is 1. The van der Waals surface area contributed by atoms with Crippen molar-refractivity contribution in [1.82, 2.24) is 10.2 Å². The predicted molar refractivity (Wildman–Crippen MR) is 73.6 cm³/mol. The van der Waals surface area contributed by atoms with Crippen molar-refractivity contribution in [1.29, 1.82) is 0 Å². The van der Waals surface area contributed by atoms with E-state index in [0.717, 1.165) is 17.0 Å². The lowest BCUT2D eigenvalue weighted by Crippen LogP contribution is -2.25. The number of aromatic nitrogens is 2. The molecule has 1 amide bonds. The Labute approximate surface area is 116 Å². The monoisotopic (exact) mass is 273 g/mol. The lowest BCUT2D eigenvalue weighted by atomic mass is 10.1. The molecule has 2 N–H and O–H groups in total. The summed E-state index contributed by atoms with van der Waals surface area (Å²) in [5.74, 6) is 1.22. The van der Waals surface area contributed by atoms with Crippen LogP contribution >= 0.6 is 0 Å². The highest BCUT2D eigenvalue weighted by molar-refractivity contribution is 5.95. The summed E-state index contributed by atoms with van der Waals surface area (Å²) >= 11 is 0. The van der Waals surface area contributed by atoms with Gasteiger partial charge in [-0.05, 0) is 29.8 Å². The van der Waals surface area contributed by atoms with Gasteiger partial charge in [-0.25, -0.2) is 0 Å². The highest BCUT2D eigenvalue weighted by Gasteiger charge is 2.30. The molecule has 0 saturated carbocycles. The van der Waals surface area contributed by atoms with Gasteiger partial charge < -0.3 is 9.84 Å². The molecule has 1 aromatic heterocycles. The molecule has 2 heterocycles. The lowest BCUT2D eigenvalue weighted by Gasteiger charge is -2.10. The maximum atomic E-state index is 11.7. The number of rotatable bonds is 3. The zero-order valence-corrected chi connectivity index (χ0v) is 11.0. The first kappa shape index (κ1) is 12.7. The number of carbonyl (C=O) groups is 1. The van der Waals surface area contributed by atoms with Crippen molar-refractivity contribution in [3.8, 4) is 17.0 Å². The highest BCUT2D eigenvalue weighted by atomic mass is 16.5. The fourth-order valence-electron chi connectivity index (χ4n) is 2.28. The van der Waals surface area contributed by atoms with Crippen molar-refractivity contribution in [3.05, 3.63) is 30.3 Å². The van der Waals surface area contributed by atoms with Crippen molar-refractivity contribution in [3.63, 3.8) is 0 Å². The summed E-state index contributed by atoms with van der Waals surface area (Å²) in [5.41, 5.74) is 1.77. The number of H-pyrrole nitrogens is 1. The molecule has 1 aliphatic heterocycles. The minimum atomic E-state index is -0.608. The number of nitrogens with one attached hydrogen (secondary N) is 1. The lowest BCUT2D eigenvalue weighted by molar-refractivity contribution is -0.117. The summed E-state index contributed by atoms with van der Waals surface area (Å²) in [6.07, 6.45) is -0.450. The minimum absolute atomic E-state index is 0.106. The Bertz CT molecular complexity index is 621. The topological polar surface area (TPSA) is 78.5 Å². The van der Waals surface area contributed by atoms with E-state index in [4.69, 9.17) is 4.74 Å². The number of aliphatic hydroxyl groups excluding tert-OH is 1. The summed E-state index contributed by atoms with van der Waals surface area (Å²) < 4.78 is 5.11. The van der Waals surface area contributed by atoms with Gasteiger partial charge in [0.25, 0.3) is 0 Å². The minimum Gasteiger partial charge on any atom is -0.497 e. The Hall–Kier alpha value is -2.34. The second-order valence-electron chi connectivity index (χ2n) is 4.73. The Morgan fingerprint density at radius 1 is 1.40 bits per heavy atom. The smallest absolute Gasteiger partial charge is 0.230 e. The van der Waals surface area contributed by atoms with E-state index in [0.29, 0.717) is 12.4 Å². The summed E-state index contributed by atoms with van der Waals surface area (Å²) in [4.78, 5) is 13.2. The number of β-amino-alcohol motifs (C(OH)–C–C–N with tert-alkyl or cyclic N) is 1. The van der Waals surface area contributed by atoms with E-state index in [1.54, 1.807) is 13.2 Å². The van der Waals surface area contributed by atoms with E-state index in [1.165, 1.54) is 4.90 Å². The standard InChI is InChI=1S/C14H15N3O3/c1-20-11-4-2-9(3-5-11)12-7-13(16-15-12)17-8-10(18)6-14(17)19/h2-5,7,10,18H,6,8H2,1H3,(H,15,16). The van der Waals surface area contributed by atoms with Gasteiger partial charge in [0, 0.05) is 6.07 Å². The molecule has 6 nitrogen and oxygen atoms in total. The van der Waals surface area contributed by atoms with Crippen LogP contribution in [0.4, 0.5) is 5.82 Å². The predicted octanol–water partition coefficient (Wildman–Crippen LogP) is 1.18. The number of hydrogen-bond donors (Lipinski definition) is 2. The molecule has 1 fully saturated rings. The number of anilines is 1. The van der Waals surface area contributed by atoms with Gasteiger partial charge in [0.15, 0.2) is 5.82 Å². The quantitative estimate of drug-likeness (QED) is 0.880. The van der Waals surface area contributed by atoms with E-state index in [1.807, 2.05) is 24.3 Å². The van der Waals surface area contributed by atoms with Crippen LogP contribution < -0.4 is 9.64 Å².